The van der Waals surface area contributed by atoms with E-state index in [1.807, 2.05) is 44.7 Å². The smallest absolute Gasteiger partial charge is 0.254 e. The molecule has 0 atom stereocenters. The number of benzene rings is 1. The highest BCUT2D eigenvalue weighted by atomic mass is 16.2. The molecule has 88 valence electrons. The van der Waals surface area contributed by atoms with Gasteiger partial charge in [-0.3, -0.25) is 4.79 Å². The van der Waals surface area contributed by atoms with Gasteiger partial charge in [-0.15, -0.1) is 0 Å². The average molecular weight is 220 g/mol. The van der Waals surface area contributed by atoms with Crippen LogP contribution in [0.5, 0.6) is 0 Å². The van der Waals surface area contributed by atoms with Gasteiger partial charge in [-0.25, -0.2) is 0 Å². The third-order valence-corrected chi connectivity index (χ3v) is 2.75. The summed E-state index contributed by atoms with van der Waals surface area (Å²) >= 11 is 0. The van der Waals surface area contributed by atoms with Crippen molar-refractivity contribution >= 4 is 11.6 Å². The van der Waals surface area contributed by atoms with Crippen molar-refractivity contribution in [2.45, 2.75) is 33.7 Å². The molecule has 0 bridgehead atoms. The zero-order chi connectivity index (χ0) is 12.3. The van der Waals surface area contributed by atoms with Crippen LogP contribution in [0, 0.1) is 6.92 Å². The van der Waals surface area contributed by atoms with Gasteiger partial charge in [0.15, 0.2) is 0 Å². The lowest BCUT2D eigenvalue weighted by molar-refractivity contribution is 0.0717. The number of hydrogen-bond acceptors (Lipinski definition) is 2. The molecule has 0 aliphatic rings. The van der Waals surface area contributed by atoms with Gasteiger partial charge in [-0.05, 0) is 45.4 Å². The van der Waals surface area contributed by atoms with E-state index in [0.29, 0.717) is 17.8 Å². The Kier molecular flexibility index (Phi) is 3.93. The molecular formula is C13H20N2O. The van der Waals surface area contributed by atoms with Crippen LogP contribution in [0.4, 0.5) is 5.69 Å². The number of nitrogens with zero attached hydrogens (tertiary/aromatic N) is 1. The maximum atomic E-state index is 12.2. The van der Waals surface area contributed by atoms with Crippen LogP contribution < -0.4 is 5.73 Å². The van der Waals surface area contributed by atoms with Crippen LogP contribution in [0.25, 0.3) is 0 Å². The van der Waals surface area contributed by atoms with Crippen LogP contribution in [0.15, 0.2) is 18.2 Å². The van der Waals surface area contributed by atoms with Gasteiger partial charge in [-0.1, -0.05) is 6.07 Å². The summed E-state index contributed by atoms with van der Waals surface area (Å²) in [6, 6.07) is 5.68. The SMILES string of the molecule is CCN(C(=O)c1ccc(C)c(N)c1)C(C)C. The number of anilines is 1. The fourth-order valence-corrected chi connectivity index (χ4v) is 1.68. The first-order chi connectivity index (χ1) is 7.47. The van der Waals surface area contributed by atoms with Gasteiger partial charge in [-0.2, -0.15) is 0 Å². The van der Waals surface area contributed by atoms with E-state index in [1.165, 1.54) is 0 Å². The lowest BCUT2D eigenvalue weighted by Crippen LogP contribution is -2.36. The van der Waals surface area contributed by atoms with Crippen LogP contribution in [-0.4, -0.2) is 23.4 Å². The monoisotopic (exact) mass is 220 g/mol. The molecule has 0 aliphatic heterocycles. The predicted molar refractivity (Wildman–Crippen MR) is 67.4 cm³/mol. The highest BCUT2D eigenvalue weighted by molar-refractivity contribution is 5.95. The molecule has 0 radical (unpaired) electrons. The van der Waals surface area contributed by atoms with Crippen LogP contribution >= 0.6 is 0 Å². The second kappa shape index (κ2) is 5.01. The van der Waals surface area contributed by atoms with Crippen molar-refractivity contribution < 1.29 is 4.79 Å². The summed E-state index contributed by atoms with van der Waals surface area (Å²) in [5.41, 5.74) is 8.15. The van der Waals surface area contributed by atoms with Crippen molar-refractivity contribution in [3.63, 3.8) is 0 Å². The second-order valence-corrected chi connectivity index (χ2v) is 4.26. The van der Waals surface area contributed by atoms with E-state index >= 15 is 0 Å². The molecule has 0 aromatic heterocycles. The molecule has 0 unspecified atom stereocenters. The summed E-state index contributed by atoms with van der Waals surface area (Å²) in [4.78, 5) is 14.0. The molecule has 0 saturated carbocycles. The van der Waals surface area contributed by atoms with Crippen LogP contribution in [0.3, 0.4) is 0 Å². The first-order valence-corrected chi connectivity index (χ1v) is 5.64. The lowest BCUT2D eigenvalue weighted by atomic mass is 10.1. The maximum Gasteiger partial charge on any atom is 0.254 e. The molecule has 2 N–H and O–H groups in total. The average Bonchev–Trinajstić information content (AvgIpc) is 2.22. The molecule has 1 aromatic rings. The number of rotatable bonds is 3. The Labute approximate surface area is 97.2 Å². The molecule has 16 heavy (non-hydrogen) atoms. The van der Waals surface area contributed by atoms with Gasteiger partial charge < -0.3 is 10.6 Å². The van der Waals surface area contributed by atoms with Gasteiger partial charge in [0.05, 0.1) is 0 Å². The molecular weight excluding hydrogens is 200 g/mol. The van der Waals surface area contributed by atoms with Gasteiger partial charge >= 0.3 is 0 Å². The van der Waals surface area contributed by atoms with Crippen molar-refractivity contribution in [1.82, 2.24) is 4.90 Å². The van der Waals surface area contributed by atoms with Gasteiger partial charge in [0.2, 0.25) is 0 Å². The first-order valence-electron chi connectivity index (χ1n) is 5.64. The number of carbonyl (C=O) groups is 1. The number of aryl methyl sites for hydroxylation is 1. The Morgan fingerprint density at radius 1 is 1.44 bits per heavy atom. The standard InChI is InChI=1S/C13H20N2O/c1-5-15(9(2)3)13(16)11-7-6-10(4)12(14)8-11/h6-9H,5,14H2,1-4H3. The third-order valence-electron chi connectivity index (χ3n) is 2.75. The van der Waals surface area contributed by atoms with Crippen molar-refractivity contribution in [2.75, 3.05) is 12.3 Å². The topological polar surface area (TPSA) is 46.3 Å². The van der Waals surface area contributed by atoms with Crippen molar-refractivity contribution in [3.05, 3.63) is 29.3 Å². The summed E-state index contributed by atoms with van der Waals surface area (Å²) in [6.07, 6.45) is 0. The molecule has 0 spiro atoms. The van der Waals surface area contributed by atoms with E-state index in [1.54, 1.807) is 6.07 Å². The molecule has 0 saturated heterocycles. The zero-order valence-corrected chi connectivity index (χ0v) is 10.4. The van der Waals surface area contributed by atoms with Gasteiger partial charge in [0.25, 0.3) is 5.91 Å². The Bertz CT molecular complexity index is 386. The minimum atomic E-state index is 0.0456. The van der Waals surface area contributed by atoms with Crippen LogP contribution in [0.2, 0.25) is 0 Å². The van der Waals surface area contributed by atoms with Crippen LogP contribution in [0.1, 0.15) is 36.7 Å². The Hall–Kier alpha value is -1.51. The number of carbonyl (C=O) groups excluding carboxylic acids is 1. The van der Waals surface area contributed by atoms with Crippen molar-refractivity contribution in [1.29, 1.82) is 0 Å². The maximum absolute atomic E-state index is 12.2. The summed E-state index contributed by atoms with van der Waals surface area (Å²) in [5.74, 6) is 0.0456. The van der Waals surface area contributed by atoms with E-state index < -0.39 is 0 Å². The normalized spacial score (nSPS) is 10.6. The minimum Gasteiger partial charge on any atom is -0.398 e. The van der Waals surface area contributed by atoms with Gasteiger partial charge in [0.1, 0.15) is 0 Å². The second-order valence-electron chi connectivity index (χ2n) is 4.26. The Balaban J connectivity index is 2.99. The molecule has 0 aliphatic carbocycles. The largest absolute Gasteiger partial charge is 0.398 e. The van der Waals surface area contributed by atoms with Gasteiger partial charge in [0, 0.05) is 23.8 Å². The molecule has 3 nitrogen and oxygen atoms in total. The fourth-order valence-electron chi connectivity index (χ4n) is 1.68. The molecule has 1 aromatic carbocycles. The van der Waals surface area contributed by atoms with E-state index in [-0.39, 0.29) is 11.9 Å². The lowest BCUT2D eigenvalue weighted by Gasteiger charge is -2.25. The molecule has 0 fully saturated rings. The zero-order valence-electron chi connectivity index (χ0n) is 10.4. The Morgan fingerprint density at radius 2 is 2.06 bits per heavy atom. The van der Waals surface area contributed by atoms with E-state index in [4.69, 9.17) is 5.73 Å². The predicted octanol–water partition coefficient (Wildman–Crippen LogP) is 2.45. The molecule has 0 heterocycles. The summed E-state index contributed by atoms with van der Waals surface area (Å²) < 4.78 is 0. The summed E-state index contributed by atoms with van der Waals surface area (Å²) in [5, 5.41) is 0. The quantitative estimate of drug-likeness (QED) is 0.795. The number of amides is 1. The van der Waals surface area contributed by atoms with Crippen LogP contribution in [-0.2, 0) is 0 Å². The molecule has 1 amide bonds. The van der Waals surface area contributed by atoms with E-state index in [0.717, 1.165) is 5.56 Å². The van der Waals surface area contributed by atoms with E-state index in [9.17, 15) is 4.79 Å². The minimum absolute atomic E-state index is 0.0456. The molecule has 1 rings (SSSR count). The highest BCUT2D eigenvalue weighted by Crippen LogP contribution is 2.15. The summed E-state index contributed by atoms with van der Waals surface area (Å²) in [6.45, 7) is 8.65. The highest BCUT2D eigenvalue weighted by Gasteiger charge is 2.17. The Morgan fingerprint density at radius 3 is 2.50 bits per heavy atom. The third kappa shape index (κ3) is 2.54. The van der Waals surface area contributed by atoms with E-state index in [2.05, 4.69) is 0 Å². The number of hydrogen-bond donors (Lipinski definition) is 1. The summed E-state index contributed by atoms with van der Waals surface area (Å²) in [7, 11) is 0. The first kappa shape index (κ1) is 12.6. The molecule has 3 heteroatoms. The fraction of sp³-hybridized carbons (Fsp3) is 0.462. The number of nitrogen functional groups attached to an aromatic ring is 1. The van der Waals surface area contributed by atoms with Crippen molar-refractivity contribution in [2.24, 2.45) is 0 Å². The number of nitrogens with two attached hydrogens (primary N) is 1. The van der Waals surface area contributed by atoms with Crippen molar-refractivity contribution in [3.8, 4) is 0 Å².